The van der Waals surface area contributed by atoms with Crippen LogP contribution in [0.5, 0.6) is 0 Å². The standard InChI is InChI=1S/C29H26O7/c1-2-18-29(36-28(32)23-16-10-5-11-17-23)20-34-24(19-33-26(30)21-12-6-3-7-13-21)25(29)35-27(31)22-14-8-4-9-15-22/h2-17,24-25H,1,18-20H2/t24?,25-,29+/m1/s1. The van der Waals surface area contributed by atoms with Crippen molar-refractivity contribution < 1.29 is 33.3 Å². The quantitative estimate of drug-likeness (QED) is 0.247. The van der Waals surface area contributed by atoms with Crippen molar-refractivity contribution in [3.8, 4) is 0 Å². The number of hydrogen-bond acceptors (Lipinski definition) is 7. The molecule has 1 saturated heterocycles. The summed E-state index contributed by atoms with van der Waals surface area (Å²) >= 11 is 0. The lowest BCUT2D eigenvalue weighted by atomic mass is 9.92. The van der Waals surface area contributed by atoms with E-state index in [0.29, 0.717) is 16.7 Å². The second kappa shape index (κ2) is 11.5. The average Bonchev–Trinajstić information content (AvgIpc) is 3.25. The average molecular weight is 487 g/mol. The zero-order valence-electron chi connectivity index (χ0n) is 19.6. The lowest BCUT2D eigenvalue weighted by Crippen LogP contribution is -2.50. The molecule has 1 fully saturated rings. The van der Waals surface area contributed by atoms with E-state index in [-0.39, 0.29) is 19.6 Å². The Morgan fingerprint density at radius 1 is 0.806 bits per heavy atom. The predicted molar refractivity (Wildman–Crippen MR) is 132 cm³/mol. The molecule has 0 aromatic heterocycles. The van der Waals surface area contributed by atoms with Gasteiger partial charge in [0, 0.05) is 6.42 Å². The largest absolute Gasteiger partial charge is 0.459 e. The van der Waals surface area contributed by atoms with Gasteiger partial charge < -0.3 is 18.9 Å². The lowest BCUT2D eigenvalue weighted by Gasteiger charge is -2.33. The maximum absolute atomic E-state index is 13.0. The summed E-state index contributed by atoms with van der Waals surface area (Å²) in [5, 5.41) is 0. The van der Waals surface area contributed by atoms with E-state index in [1.165, 1.54) is 0 Å². The monoisotopic (exact) mass is 486 g/mol. The molecule has 0 radical (unpaired) electrons. The Hall–Kier alpha value is -4.23. The first-order valence-corrected chi connectivity index (χ1v) is 11.5. The third-order valence-electron chi connectivity index (χ3n) is 5.82. The van der Waals surface area contributed by atoms with Crippen LogP contribution in [0.15, 0.2) is 104 Å². The minimum Gasteiger partial charge on any atom is -0.459 e. The smallest absolute Gasteiger partial charge is 0.338 e. The van der Waals surface area contributed by atoms with Crippen molar-refractivity contribution in [3.63, 3.8) is 0 Å². The van der Waals surface area contributed by atoms with Crippen LogP contribution in [0, 0.1) is 0 Å². The molecule has 3 atom stereocenters. The Bertz CT molecular complexity index is 1190. The second-order valence-corrected chi connectivity index (χ2v) is 8.32. The Morgan fingerprint density at radius 3 is 1.83 bits per heavy atom. The van der Waals surface area contributed by atoms with Gasteiger partial charge in [-0.25, -0.2) is 14.4 Å². The maximum Gasteiger partial charge on any atom is 0.338 e. The molecule has 0 N–H and O–H groups in total. The third kappa shape index (κ3) is 5.70. The molecule has 7 nitrogen and oxygen atoms in total. The second-order valence-electron chi connectivity index (χ2n) is 8.32. The first-order valence-electron chi connectivity index (χ1n) is 11.5. The van der Waals surface area contributed by atoms with Gasteiger partial charge in [-0.3, -0.25) is 0 Å². The number of rotatable bonds is 9. The van der Waals surface area contributed by atoms with Gasteiger partial charge in [0.1, 0.15) is 12.7 Å². The topological polar surface area (TPSA) is 88.1 Å². The van der Waals surface area contributed by atoms with Crippen LogP contribution < -0.4 is 0 Å². The molecule has 0 bridgehead atoms. The molecule has 0 amide bonds. The molecular weight excluding hydrogens is 460 g/mol. The highest BCUT2D eigenvalue weighted by Crippen LogP contribution is 2.36. The van der Waals surface area contributed by atoms with Crippen molar-refractivity contribution in [1.29, 1.82) is 0 Å². The molecular formula is C29H26O7. The summed E-state index contributed by atoms with van der Waals surface area (Å²) in [6, 6.07) is 25.5. The van der Waals surface area contributed by atoms with Crippen molar-refractivity contribution in [3.05, 3.63) is 120 Å². The van der Waals surface area contributed by atoms with Crippen LogP contribution >= 0.6 is 0 Å². The Labute approximate surface area is 209 Å². The maximum atomic E-state index is 13.0. The van der Waals surface area contributed by atoms with Crippen LogP contribution in [0.4, 0.5) is 0 Å². The minimum atomic E-state index is -1.36. The van der Waals surface area contributed by atoms with E-state index < -0.39 is 35.7 Å². The Balaban J connectivity index is 1.59. The van der Waals surface area contributed by atoms with Gasteiger partial charge in [-0.1, -0.05) is 60.7 Å². The van der Waals surface area contributed by atoms with Crippen LogP contribution in [0.25, 0.3) is 0 Å². The van der Waals surface area contributed by atoms with E-state index in [1.807, 2.05) is 0 Å². The van der Waals surface area contributed by atoms with Gasteiger partial charge in [-0.15, -0.1) is 6.58 Å². The van der Waals surface area contributed by atoms with Gasteiger partial charge >= 0.3 is 17.9 Å². The molecule has 1 aliphatic rings. The van der Waals surface area contributed by atoms with Gasteiger partial charge in [0.05, 0.1) is 23.3 Å². The van der Waals surface area contributed by atoms with Crippen LogP contribution in [-0.4, -0.2) is 48.9 Å². The summed E-state index contributed by atoms with van der Waals surface area (Å²) in [6.45, 7) is 3.51. The summed E-state index contributed by atoms with van der Waals surface area (Å²) in [6.07, 6.45) is -0.196. The normalized spacial score (nSPS) is 20.8. The summed E-state index contributed by atoms with van der Waals surface area (Å²) in [4.78, 5) is 38.5. The minimum absolute atomic E-state index is 0.0715. The number of esters is 3. The molecule has 0 saturated carbocycles. The van der Waals surface area contributed by atoms with Gasteiger partial charge in [-0.05, 0) is 36.4 Å². The SMILES string of the molecule is C=CC[C@]1(OC(=O)c2ccccc2)COC(COC(=O)c2ccccc2)[C@H]1OC(=O)c1ccccc1. The highest BCUT2D eigenvalue weighted by atomic mass is 16.7. The van der Waals surface area contributed by atoms with Crippen molar-refractivity contribution >= 4 is 17.9 Å². The molecule has 36 heavy (non-hydrogen) atoms. The molecule has 3 aromatic carbocycles. The van der Waals surface area contributed by atoms with Crippen molar-refractivity contribution in [2.75, 3.05) is 13.2 Å². The molecule has 3 aromatic rings. The fourth-order valence-electron chi connectivity index (χ4n) is 4.01. The fourth-order valence-corrected chi connectivity index (χ4v) is 4.01. The van der Waals surface area contributed by atoms with Gasteiger partial charge in [0.25, 0.3) is 0 Å². The first kappa shape index (κ1) is 24.9. The Kier molecular flexibility index (Phi) is 7.92. The highest BCUT2D eigenvalue weighted by Gasteiger charge is 2.55. The summed E-state index contributed by atoms with van der Waals surface area (Å²) < 4.78 is 23.2. The molecule has 1 aliphatic heterocycles. The van der Waals surface area contributed by atoms with E-state index in [2.05, 4.69) is 6.58 Å². The van der Waals surface area contributed by atoms with Crippen molar-refractivity contribution in [1.82, 2.24) is 0 Å². The fraction of sp³-hybridized carbons (Fsp3) is 0.207. The van der Waals surface area contributed by atoms with E-state index in [4.69, 9.17) is 18.9 Å². The summed E-state index contributed by atoms with van der Waals surface area (Å²) in [5.74, 6) is -1.76. The summed E-state index contributed by atoms with van der Waals surface area (Å²) in [5.41, 5.74) is -0.316. The molecule has 4 rings (SSSR count). The van der Waals surface area contributed by atoms with E-state index in [0.717, 1.165) is 0 Å². The van der Waals surface area contributed by atoms with Crippen LogP contribution in [0.2, 0.25) is 0 Å². The number of carbonyl (C=O) groups is 3. The van der Waals surface area contributed by atoms with Crippen molar-refractivity contribution in [2.24, 2.45) is 0 Å². The Morgan fingerprint density at radius 2 is 1.31 bits per heavy atom. The molecule has 7 heteroatoms. The lowest BCUT2D eigenvalue weighted by molar-refractivity contribution is -0.0824. The van der Waals surface area contributed by atoms with E-state index in [1.54, 1.807) is 97.1 Å². The first-order chi connectivity index (χ1) is 17.5. The van der Waals surface area contributed by atoms with Crippen LogP contribution in [0.1, 0.15) is 37.5 Å². The molecule has 184 valence electrons. The summed E-state index contributed by atoms with van der Waals surface area (Å²) in [7, 11) is 0. The number of benzene rings is 3. The number of ether oxygens (including phenoxy) is 4. The highest BCUT2D eigenvalue weighted by molar-refractivity contribution is 5.91. The van der Waals surface area contributed by atoms with Gasteiger partial charge in [-0.2, -0.15) is 0 Å². The van der Waals surface area contributed by atoms with Crippen molar-refractivity contribution in [2.45, 2.75) is 24.2 Å². The zero-order valence-corrected chi connectivity index (χ0v) is 19.6. The zero-order chi connectivity index (χ0) is 25.4. The van der Waals surface area contributed by atoms with Crippen LogP contribution in [-0.2, 0) is 18.9 Å². The number of carbonyl (C=O) groups excluding carboxylic acids is 3. The van der Waals surface area contributed by atoms with Gasteiger partial charge in [0.2, 0.25) is 0 Å². The van der Waals surface area contributed by atoms with Crippen LogP contribution in [0.3, 0.4) is 0 Å². The molecule has 1 unspecified atom stereocenters. The van der Waals surface area contributed by atoms with E-state index >= 15 is 0 Å². The third-order valence-corrected chi connectivity index (χ3v) is 5.82. The molecule has 1 heterocycles. The molecule has 0 aliphatic carbocycles. The number of hydrogen-bond donors (Lipinski definition) is 0. The van der Waals surface area contributed by atoms with E-state index in [9.17, 15) is 14.4 Å². The molecule has 0 spiro atoms. The predicted octanol–water partition coefficient (Wildman–Crippen LogP) is 4.64. The van der Waals surface area contributed by atoms with Gasteiger partial charge in [0.15, 0.2) is 11.7 Å².